The lowest BCUT2D eigenvalue weighted by Gasteiger charge is -2.39. The first-order valence-electron chi connectivity index (χ1n) is 12.1. The van der Waals surface area contributed by atoms with Crippen LogP contribution in [-0.4, -0.2) is 58.4 Å². The maximum Gasteiger partial charge on any atom is 0.408 e. The zero-order chi connectivity index (χ0) is 26.8. The Labute approximate surface area is 216 Å². The van der Waals surface area contributed by atoms with Gasteiger partial charge in [0.2, 0.25) is 0 Å². The fourth-order valence-electron chi connectivity index (χ4n) is 4.09. The molecule has 10 heteroatoms. The molecule has 36 heavy (non-hydrogen) atoms. The van der Waals surface area contributed by atoms with Crippen LogP contribution in [0.15, 0.2) is 30.3 Å². The smallest absolute Gasteiger partial charge is 0.408 e. The number of esters is 2. The van der Waals surface area contributed by atoms with E-state index in [0.717, 1.165) is 24.8 Å². The van der Waals surface area contributed by atoms with E-state index in [2.05, 4.69) is 5.32 Å². The molecule has 0 saturated heterocycles. The van der Waals surface area contributed by atoms with Crippen molar-refractivity contribution < 1.29 is 38.5 Å². The molecule has 1 fully saturated rings. The predicted molar refractivity (Wildman–Crippen MR) is 135 cm³/mol. The van der Waals surface area contributed by atoms with Crippen LogP contribution in [0.5, 0.6) is 0 Å². The van der Waals surface area contributed by atoms with Crippen molar-refractivity contribution in [1.29, 1.82) is 0 Å². The van der Waals surface area contributed by atoms with Gasteiger partial charge in [-0.05, 0) is 45.6 Å². The van der Waals surface area contributed by atoms with Crippen LogP contribution >= 0.6 is 11.8 Å². The summed E-state index contributed by atoms with van der Waals surface area (Å²) in [7, 11) is 1.25. The van der Waals surface area contributed by atoms with Gasteiger partial charge in [0.25, 0.3) is 0 Å². The van der Waals surface area contributed by atoms with Crippen molar-refractivity contribution in [3.8, 4) is 0 Å². The van der Waals surface area contributed by atoms with E-state index in [1.54, 1.807) is 32.9 Å². The molecule has 1 aromatic carbocycles. The summed E-state index contributed by atoms with van der Waals surface area (Å²) in [6.45, 7) is 5.16. The number of carboxylic acid groups (broad SMARTS) is 1. The van der Waals surface area contributed by atoms with E-state index < -0.39 is 46.3 Å². The largest absolute Gasteiger partial charge is 0.481 e. The van der Waals surface area contributed by atoms with Gasteiger partial charge in [0.1, 0.15) is 18.2 Å². The van der Waals surface area contributed by atoms with Crippen molar-refractivity contribution >= 4 is 35.8 Å². The molecule has 0 bridgehead atoms. The monoisotopic (exact) mass is 523 g/mol. The molecular formula is C26H37NO8S. The molecule has 1 aromatic rings. The molecule has 0 heterocycles. The molecule has 1 aliphatic rings. The van der Waals surface area contributed by atoms with Crippen molar-refractivity contribution in [2.24, 2.45) is 5.92 Å². The molecule has 0 radical (unpaired) electrons. The van der Waals surface area contributed by atoms with Gasteiger partial charge >= 0.3 is 24.0 Å². The Morgan fingerprint density at radius 1 is 1.06 bits per heavy atom. The highest BCUT2D eigenvalue weighted by Crippen LogP contribution is 2.44. The van der Waals surface area contributed by atoms with Crippen LogP contribution in [-0.2, 0) is 35.2 Å². The van der Waals surface area contributed by atoms with E-state index in [0.29, 0.717) is 12.8 Å². The molecule has 0 aromatic heterocycles. The van der Waals surface area contributed by atoms with E-state index in [4.69, 9.17) is 14.2 Å². The van der Waals surface area contributed by atoms with Gasteiger partial charge < -0.3 is 24.6 Å². The Balaban J connectivity index is 2.11. The van der Waals surface area contributed by atoms with Crippen LogP contribution in [0.4, 0.5) is 4.79 Å². The zero-order valence-corrected chi connectivity index (χ0v) is 22.2. The normalized spacial score (nSPS) is 16.8. The van der Waals surface area contributed by atoms with Crippen LogP contribution in [0.1, 0.15) is 64.9 Å². The molecule has 1 saturated carbocycles. The second-order valence-corrected chi connectivity index (χ2v) is 11.5. The first-order chi connectivity index (χ1) is 16.9. The molecule has 0 spiro atoms. The van der Waals surface area contributed by atoms with Gasteiger partial charge in [-0.3, -0.25) is 9.59 Å². The Bertz CT molecular complexity index is 893. The lowest BCUT2D eigenvalue weighted by molar-refractivity contribution is -0.158. The number of benzene rings is 1. The molecule has 2 rings (SSSR count). The fraction of sp³-hybridized carbons (Fsp3) is 0.615. The van der Waals surface area contributed by atoms with Gasteiger partial charge in [-0.15, -0.1) is 0 Å². The van der Waals surface area contributed by atoms with Crippen molar-refractivity contribution in [3.05, 3.63) is 35.9 Å². The van der Waals surface area contributed by atoms with E-state index in [9.17, 15) is 24.3 Å². The highest BCUT2D eigenvalue weighted by Gasteiger charge is 2.41. The number of carbonyl (C=O) groups excluding carboxylic acids is 3. The summed E-state index contributed by atoms with van der Waals surface area (Å²) in [4.78, 5) is 49.5. The van der Waals surface area contributed by atoms with Crippen LogP contribution in [0.3, 0.4) is 0 Å². The van der Waals surface area contributed by atoms with Gasteiger partial charge in [0.05, 0.1) is 7.11 Å². The summed E-state index contributed by atoms with van der Waals surface area (Å²) in [6, 6.07) is 8.07. The number of amides is 1. The predicted octanol–water partition coefficient (Wildman–Crippen LogP) is 4.32. The van der Waals surface area contributed by atoms with E-state index in [-0.39, 0.29) is 18.8 Å². The van der Waals surface area contributed by atoms with Crippen molar-refractivity contribution in [2.75, 3.05) is 12.9 Å². The molecule has 9 nitrogen and oxygen atoms in total. The Morgan fingerprint density at radius 3 is 2.25 bits per heavy atom. The molecule has 1 aliphatic carbocycles. The third-order valence-electron chi connectivity index (χ3n) is 5.88. The standard InChI is InChI=1S/C26H37NO8S/c1-25(2,3)35-24(32)27-20(23(31)33-4)15-26(13-9-6-10-14-26)36-17-19(21(28)29)22(30)34-16-18-11-7-5-8-12-18/h5,7-8,11-12,19-20H,6,9-10,13-17H2,1-4H3,(H,27,32)(H,28,29)/t19-,20?/m0/s1. The van der Waals surface area contributed by atoms with Crippen LogP contribution in [0.25, 0.3) is 0 Å². The average Bonchev–Trinajstić information content (AvgIpc) is 2.81. The maximum absolute atomic E-state index is 12.6. The number of hydrogen-bond acceptors (Lipinski definition) is 8. The number of alkyl carbamates (subject to hydrolysis) is 1. The highest BCUT2D eigenvalue weighted by atomic mass is 32.2. The summed E-state index contributed by atoms with van der Waals surface area (Å²) in [5.74, 6) is -4.04. The number of hydrogen-bond donors (Lipinski definition) is 2. The number of methoxy groups -OCH3 is 1. The summed E-state index contributed by atoms with van der Waals surface area (Å²) in [6.07, 6.45) is 3.73. The SMILES string of the molecule is COC(=O)C(CC1(SC[C@@H](C(=O)O)C(=O)OCc2ccccc2)CCCCC1)NC(=O)OC(C)(C)C. The molecule has 0 aliphatic heterocycles. The van der Waals surface area contributed by atoms with Gasteiger partial charge in [0.15, 0.2) is 5.92 Å². The van der Waals surface area contributed by atoms with E-state index in [1.165, 1.54) is 18.9 Å². The Kier molecular flexibility index (Phi) is 11.1. The number of nitrogens with one attached hydrogen (secondary N) is 1. The minimum Gasteiger partial charge on any atom is -0.481 e. The third-order valence-corrected chi connectivity index (χ3v) is 7.57. The molecule has 2 atom stereocenters. The van der Waals surface area contributed by atoms with Crippen LogP contribution in [0, 0.1) is 5.92 Å². The van der Waals surface area contributed by atoms with E-state index >= 15 is 0 Å². The molecule has 200 valence electrons. The second kappa shape index (κ2) is 13.5. The van der Waals surface area contributed by atoms with Crippen LogP contribution in [0.2, 0.25) is 0 Å². The summed E-state index contributed by atoms with van der Waals surface area (Å²) >= 11 is 1.35. The van der Waals surface area contributed by atoms with Crippen LogP contribution < -0.4 is 5.32 Å². The minimum atomic E-state index is -1.35. The number of aliphatic carboxylic acids is 1. The minimum absolute atomic E-state index is 0.0104. The number of carboxylic acids is 1. The third kappa shape index (κ3) is 9.72. The van der Waals surface area contributed by atoms with Crippen molar-refractivity contribution in [1.82, 2.24) is 5.32 Å². The van der Waals surface area contributed by atoms with Gasteiger partial charge in [-0.1, -0.05) is 49.6 Å². The average molecular weight is 524 g/mol. The Hall–Kier alpha value is -2.75. The summed E-state index contributed by atoms with van der Waals surface area (Å²) in [5, 5.41) is 12.3. The topological polar surface area (TPSA) is 128 Å². The lowest BCUT2D eigenvalue weighted by Crippen LogP contribution is -2.48. The quantitative estimate of drug-likeness (QED) is 0.247. The molecule has 1 unspecified atom stereocenters. The fourth-order valence-corrected chi connectivity index (χ4v) is 5.75. The second-order valence-electron chi connectivity index (χ2n) is 9.96. The number of rotatable bonds is 11. The maximum atomic E-state index is 12.6. The summed E-state index contributed by atoms with van der Waals surface area (Å²) < 4.78 is 15.0. The van der Waals surface area contributed by atoms with Gasteiger partial charge in [0, 0.05) is 10.5 Å². The molecule has 2 N–H and O–H groups in total. The van der Waals surface area contributed by atoms with E-state index in [1.807, 2.05) is 18.2 Å². The summed E-state index contributed by atoms with van der Waals surface area (Å²) in [5.41, 5.74) is 0.0251. The number of thioether (sulfide) groups is 1. The first-order valence-corrected chi connectivity index (χ1v) is 13.1. The number of carbonyl (C=O) groups is 4. The number of ether oxygens (including phenoxy) is 3. The lowest BCUT2D eigenvalue weighted by atomic mass is 9.83. The highest BCUT2D eigenvalue weighted by molar-refractivity contribution is 8.00. The van der Waals surface area contributed by atoms with Crippen molar-refractivity contribution in [3.63, 3.8) is 0 Å². The van der Waals surface area contributed by atoms with Gasteiger partial charge in [-0.2, -0.15) is 11.8 Å². The molecular weight excluding hydrogens is 486 g/mol. The zero-order valence-electron chi connectivity index (χ0n) is 21.4. The first kappa shape index (κ1) is 29.5. The Morgan fingerprint density at radius 2 is 1.69 bits per heavy atom. The van der Waals surface area contributed by atoms with Gasteiger partial charge in [-0.25, -0.2) is 9.59 Å². The molecule has 1 amide bonds. The van der Waals surface area contributed by atoms with Crippen molar-refractivity contribution in [2.45, 2.75) is 82.3 Å².